The number of pyridine rings is 1. The molecule has 1 amide bonds. The summed E-state index contributed by atoms with van der Waals surface area (Å²) in [6.45, 7) is 1.73. The lowest BCUT2D eigenvalue weighted by Crippen LogP contribution is -2.45. The Balaban J connectivity index is 1.86. The van der Waals surface area contributed by atoms with Crippen molar-refractivity contribution >= 4 is 17.5 Å². The van der Waals surface area contributed by atoms with Crippen LogP contribution >= 0.6 is 11.6 Å². The third-order valence-corrected chi connectivity index (χ3v) is 6.13. The highest BCUT2D eigenvalue weighted by Gasteiger charge is 2.45. The van der Waals surface area contributed by atoms with Crippen LogP contribution < -0.4 is 5.32 Å². The molecule has 0 saturated heterocycles. The van der Waals surface area contributed by atoms with Crippen LogP contribution in [0.4, 0.5) is 22.0 Å². The van der Waals surface area contributed by atoms with Crippen molar-refractivity contribution in [2.45, 2.75) is 50.1 Å². The summed E-state index contributed by atoms with van der Waals surface area (Å²) in [4.78, 5) is 16.1. The number of nitrogens with zero attached hydrogens (tertiary/aromatic N) is 1. The zero-order chi connectivity index (χ0) is 22.2. The molecule has 0 bridgehead atoms. The van der Waals surface area contributed by atoms with Crippen molar-refractivity contribution < 1.29 is 26.7 Å². The number of hydrogen-bond donors (Lipinski definition) is 1. The first kappa shape index (κ1) is 22.5. The van der Waals surface area contributed by atoms with E-state index in [4.69, 9.17) is 11.6 Å². The molecule has 1 heterocycles. The highest BCUT2D eigenvalue weighted by atomic mass is 35.5. The molecule has 0 unspecified atom stereocenters. The van der Waals surface area contributed by atoms with Crippen LogP contribution in [0.5, 0.6) is 0 Å². The first-order chi connectivity index (χ1) is 13.9. The van der Waals surface area contributed by atoms with Crippen molar-refractivity contribution in [3.8, 4) is 0 Å². The summed E-state index contributed by atoms with van der Waals surface area (Å²) in [5.74, 6) is -3.31. The predicted molar refractivity (Wildman–Crippen MR) is 103 cm³/mol. The number of carbonyl (C=O) groups is 1. The summed E-state index contributed by atoms with van der Waals surface area (Å²) in [7, 11) is 0. The highest BCUT2D eigenvalue weighted by Crippen LogP contribution is 2.45. The van der Waals surface area contributed by atoms with Crippen molar-refractivity contribution in [1.29, 1.82) is 0 Å². The number of rotatable bonds is 4. The molecule has 1 saturated carbocycles. The number of benzene rings is 1. The van der Waals surface area contributed by atoms with Gasteiger partial charge in [-0.2, -0.15) is 13.2 Å². The van der Waals surface area contributed by atoms with Gasteiger partial charge < -0.3 is 5.32 Å². The Hall–Kier alpha value is -2.22. The number of hydrogen-bond acceptors (Lipinski definition) is 2. The molecule has 1 aromatic heterocycles. The van der Waals surface area contributed by atoms with E-state index in [1.54, 1.807) is 25.1 Å². The van der Waals surface area contributed by atoms with Crippen molar-refractivity contribution in [3.05, 3.63) is 63.9 Å². The molecule has 0 spiro atoms. The standard InChI is InChI=1S/C21H20ClF5N2O/c1-13-3-2-4-15(17(13)22)18(30)29-12-19(7-9-20(23,24)10-8-19)14-5-6-16(28-11-14)21(25,26)27/h2-6,11H,7-10,12H2,1H3,(H,29,30). The normalized spacial score (nSPS) is 18.1. The zero-order valence-corrected chi connectivity index (χ0v) is 16.9. The molecular weight excluding hydrogens is 427 g/mol. The molecule has 2 aromatic rings. The van der Waals surface area contributed by atoms with Gasteiger partial charge in [0, 0.05) is 31.0 Å². The molecular formula is C21H20ClF5N2O. The van der Waals surface area contributed by atoms with Gasteiger partial charge in [0.15, 0.2) is 0 Å². The van der Waals surface area contributed by atoms with E-state index in [-0.39, 0.29) is 30.0 Å². The SMILES string of the molecule is Cc1cccc(C(=O)NCC2(c3ccc(C(F)(F)F)nc3)CCC(F)(F)CC2)c1Cl. The van der Waals surface area contributed by atoms with Gasteiger partial charge in [0.2, 0.25) is 5.92 Å². The Labute approximate surface area is 175 Å². The van der Waals surface area contributed by atoms with Crippen LogP contribution in [0.1, 0.15) is 52.9 Å². The second-order valence-electron chi connectivity index (χ2n) is 7.69. The molecule has 0 aliphatic heterocycles. The second-order valence-corrected chi connectivity index (χ2v) is 8.06. The molecule has 1 aliphatic rings. The molecule has 1 N–H and O–H groups in total. The fraction of sp³-hybridized carbons (Fsp3) is 0.429. The lowest BCUT2D eigenvalue weighted by Gasteiger charge is -2.40. The number of halogens is 6. The average Bonchev–Trinajstić information content (AvgIpc) is 2.69. The molecule has 9 heteroatoms. The van der Waals surface area contributed by atoms with E-state index in [1.807, 2.05) is 0 Å². The third kappa shape index (κ3) is 4.74. The Morgan fingerprint density at radius 3 is 2.37 bits per heavy atom. The van der Waals surface area contributed by atoms with E-state index >= 15 is 0 Å². The van der Waals surface area contributed by atoms with Crippen LogP contribution in [0.15, 0.2) is 36.5 Å². The van der Waals surface area contributed by atoms with E-state index in [1.165, 1.54) is 6.07 Å². The molecule has 0 atom stereocenters. The van der Waals surface area contributed by atoms with Gasteiger partial charge in [-0.15, -0.1) is 0 Å². The second kappa shape index (κ2) is 8.13. The Bertz CT molecular complexity index is 918. The Morgan fingerprint density at radius 1 is 1.13 bits per heavy atom. The van der Waals surface area contributed by atoms with Crippen LogP contribution in [0.2, 0.25) is 5.02 Å². The molecule has 1 aromatic carbocycles. The quantitative estimate of drug-likeness (QED) is 0.590. The van der Waals surface area contributed by atoms with Gasteiger partial charge in [-0.05, 0) is 43.0 Å². The van der Waals surface area contributed by atoms with Crippen LogP contribution in [0.25, 0.3) is 0 Å². The smallest absolute Gasteiger partial charge is 0.351 e. The number of aryl methyl sites for hydroxylation is 1. The van der Waals surface area contributed by atoms with Crippen LogP contribution in [-0.2, 0) is 11.6 Å². The fourth-order valence-corrected chi connectivity index (χ4v) is 3.92. The topological polar surface area (TPSA) is 42.0 Å². The molecule has 3 rings (SSSR count). The maximum atomic E-state index is 13.8. The molecule has 0 radical (unpaired) electrons. The number of nitrogens with one attached hydrogen (secondary N) is 1. The summed E-state index contributed by atoms with van der Waals surface area (Å²) in [5, 5.41) is 3.02. The first-order valence-electron chi connectivity index (χ1n) is 9.38. The summed E-state index contributed by atoms with van der Waals surface area (Å²) in [5.41, 5.74) is -0.647. The Kier molecular flexibility index (Phi) is 6.09. The summed E-state index contributed by atoms with van der Waals surface area (Å²) in [6, 6.07) is 7.06. The minimum atomic E-state index is -4.60. The largest absolute Gasteiger partial charge is 0.433 e. The number of carbonyl (C=O) groups excluding carboxylic acids is 1. The molecule has 1 aliphatic carbocycles. The van der Waals surface area contributed by atoms with Gasteiger partial charge in [0.05, 0.1) is 10.6 Å². The summed E-state index contributed by atoms with van der Waals surface area (Å²) >= 11 is 6.18. The zero-order valence-electron chi connectivity index (χ0n) is 16.1. The minimum Gasteiger partial charge on any atom is -0.351 e. The van der Waals surface area contributed by atoms with Gasteiger partial charge >= 0.3 is 6.18 Å². The van der Waals surface area contributed by atoms with Crippen molar-refractivity contribution in [2.75, 3.05) is 6.54 Å². The first-order valence-corrected chi connectivity index (χ1v) is 9.76. The molecule has 30 heavy (non-hydrogen) atoms. The molecule has 162 valence electrons. The number of alkyl halides is 5. The highest BCUT2D eigenvalue weighted by molar-refractivity contribution is 6.34. The van der Waals surface area contributed by atoms with Crippen LogP contribution in [0, 0.1) is 6.92 Å². The molecule has 3 nitrogen and oxygen atoms in total. The fourth-order valence-electron chi connectivity index (χ4n) is 3.70. The predicted octanol–water partition coefficient (Wildman–Crippen LogP) is 5.94. The van der Waals surface area contributed by atoms with Crippen LogP contribution in [0.3, 0.4) is 0 Å². The minimum absolute atomic E-state index is 0.00880. The maximum Gasteiger partial charge on any atom is 0.433 e. The van der Waals surface area contributed by atoms with E-state index in [0.29, 0.717) is 11.1 Å². The van der Waals surface area contributed by atoms with Gasteiger partial charge in [0.25, 0.3) is 5.91 Å². The maximum absolute atomic E-state index is 13.8. The number of aromatic nitrogens is 1. The van der Waals surface area contributed by atoms with E-state index < -0.39 is 42.0 Å². The van der Waals surface area contributed by atoms with Crippen molar-refractivity contribution in [3.63, 3.8) is 0 Å². The Morgan fingerprint density at radius 2 is 1.80 bits per heavy atom. The van der Waals surface area contributed by atoms with Gasteiger partial charge in [-0.3, -0.25) is 9.78 Å². The van der Waals surface area contributed by atoms with Crippen molar-refractivity contribution in [1.82, 2.24) is 10.3 Å². The van der Waals surface area contributed by atoms with E-state index in [2.05, 4.69) is 10.3 Å². The monoisotopic (exact) mass is 446 g/mol. The van der Waals surface area contributed by atoms with E-state index in [9.17, 15) is 26.7 Å². The third-order valence-electron chi connectivity index (χ3n) is 5.63. The molecule has 1 fully saturated rings. The summed E-state index contributed by atoms with van der Waals surface area (Å²) in [6.07, 6.45) is -4.35. The van der Waals surface area contributed by atoms with Gasteiger partial charge in [-0.1, -0.05) is 29.8 Å². The number of amides is 1. The lowest BCUT2D eigenvalue weighted by molar-refractivity contribution is -0.141. The van der Waals surface area contributed by atoms with Crippen molar-refractivity contribution in [2.24, 2.45) is 0 Å². The lowest BCUT2D eigenvalue weighted by atomic mass is 9.68. The average molecular weight is 447 g/mol. The van der Waals surface area contributed by atoms with E-state index in [0.717, 1.165) is 12.3 Å². The van der Waals surface area contributed by atoms with Gasteiger partial charge in [-0.25, -0.2) is 8.78 Å². The van der Waals surface area contributed by atoms with Crippen LogP contribution in [-0.4, -0.2) is 23.4 Å². The van der Waals surface area contributed by atoms with Gasteiger partial charge in [0.1, 0.15) is 5.69 Å². The summed E-state index contributed by atoms with van der Waals surface area (Å²) < 4.78 is 66.1.